The lowest BCUT2D eigenvalue weighted by Crippen LogP contribution is -2.44. The highest BCUT2D eigenvalue weighted by molar-refractivity contribution is 9.11. The molecule has 0 bridgehead atoms. The van der Waals surface area contributed by atoms with Crippen molar-refractivity contribution in [3.63, 3.8) is 0 Å². The summed E-state index contributed by atoms with van der Waals surface area (Å²) in [6.07, 6.45) is -5.10. The number of hydrogen-bond acceptors (Lipinski definition) is 5. The quantitative estimate of drug-likeness (QED) is 0.450. The van der Waals surface area contributed by atoms with Gasteiger partial charge in [0.1, 0.15) is 24.4 Å². The molecular formula is C7H11BrO5. The molecule has 0 saturated carbocycles. The Kier molecular flexibility index (Phi) is 6.10. The summed E-state index contributed by atoms with van der Waals surface area (Å²) >= 11 is 2.86. The predicted octanol–water partition coefficient (Wildman–Crippen LogP) is -1.46. The first-order chi connectivity index (χ1) is 6.04. The molecule has 0 aliphatic heterocycles. The Morgan fingerprint density at radius 3 is 1.85 bits per heavy atom. The minimum absolute atomic E-state index is 0.0818. The van der Waals surface area contributed by atoms with Crippen molar-refractivity contribution >= 4 is 22.2 Å². The summed E-state index contributed by atoms with van der Waals surface area (Å²) in [7, 11) is 0. The fraction of sp³-hybridized carbons (Fsp3) is 0.571. The molecule has 0 aromatic rings. The maximum atomic E-state index is 10.0. The van der Waals surface area contributed by atoms with Crippen LogP contribution in [0.4, 0.5) is 0 Å². The van der Waals surface area contributed by atoms with Crippen molar-refractivity contribution < 1.29 is 25.2 Å². The van der Waals surface area contributed by atoms with Crippen molar-refractivity contribution in [2.45, 2.75) is 24.4 Å². The van der Waals surface area contributed by atoms with Gasteiger partial charge in [0.2, 0.25) is 0 Å². The number of carbonyl (C=O) groups is 1. The first kappa shape index (κ1) is 12.7. The van der Waals surface area contributed by atoms with Gasteiger partial charge in [0, 0.05) is 0 Å². The lowest BCUT2D eigenvalue weighted by Gasteiger charge is -2.21. The zero-order chi connectivity index (χ0) is 10.4. The van der Waals surface area contributed by atoms with Gasteiger partial charge < -0.3 is 25.2 Å². The van der Waals surface area contributed by atoms with Crippen LogP contribution < -0.4 is 0 Å². The molecule has 0 saturated heterocycles. The normalized spacial score (nSPS) is 21.0. The van der Waals surface area contributed by atoms with Gasteiger partial charge in [-0.05, 0) is 11.1 Å². The standard InChI is InChI=1S/C7H11BrO5/c8-2-1-4(10)6(12)7(13)5(11)3-9/h1-7,10-13H/b2-1-. The monoisotopic (exact) mass is 254 g/mol. The molecule has 4 unspecified atom stereocenters. The van der Waals surface area contributed by atoms with Crippen molar-refractivity contribution in [2.75, 3.05) is 0 Å². The van der Waals surface area contributed by atoms with E-state index in [1.54, 1.807) is 0 Å². The first-order valence-corrected chi connectivity index (χ1v) is 4.40. The van der Waals surface area contributed by atoms with Crippen LogP contribution in [0, 0.1) is 0 Å². The highest BCUT2D eigenvalue weighted by atomic mass is 79.9. The summed E-state index contributed by atoms with van der Waals surface area (Å²) in [4.78, 5) is 11.3. The number of hydrogen-bond donors (Lipinski definition) is 4. The Balaban J connectivity index is 4.23. The van der Waals surface area contributed by atoms with Gasteiger partial charge in [0.15, 0.2) is 6.29 Å². The Morgan fingerprint density at radius 1 is 1.00 bits per heavy atom. The van der Waals surface area contributed by atoms with E-state index < -0.39 is 24.4 Å². The van der Waals surface area contributed by atoms with Crippen LogP contribution in [0.1, 0.15) is 0 Å². The van der Waals surface area contributed by atoms with Gasteiger partial charge in [0.25, 0.3) is 0 Å². The molecule has 4 atom stereocenters. The van der Waals surface area contributed by atoms with Crippen LogP contribution >= 0.6 is 15.9 Å². The zero-order valence-corrected chi connectivity index (χ0v) is 8.20. The van der Waals surface area contributed by atoms with Gasteiger partial charge in [-0.1, -0.05) is 15.9 Å². The van der Waals surface area contributed by atoms with Gasteiger partial charge in [0.05, 0.1) is 0 Å². The molecule has 5 nitrogen and oxygen atoms in total. The van der Waals surface area contributed by atoms with Crippen LogP contribution in [0.2, 0.25) is 0 Å². The summed E-state index contributed by atoms with van der Waals surface area (Å²) in [6, 6.07) is 0. The lowest BCUT2D eigenvalue weighted by molar-refractivity contribution is -0.130. The average Bonchev–Trinajstić information content (AvgIpc) is 2.14. The largest absolute Gasteiger partial charge is 0.387 e. The summed E-state index contributed by atoms with van der Waals surface area (Å²) in [5.41, 5.74) is 0. The summed E-state index contributed by atoms with van der Waals surface area (Å²) in [5, 5.41) is 36.0. The van der Waals surface area contributed by atoms with Crippen molar-refractivity contribution in [3.8, 4) is 0 Å². The van der Waals surface area contributed by atoms with Crippen molar-refractivity contribution in [3.05, 3.63) is 11.1 Å². The van der Waals surface area contributed by atoms with E-state index in [1.165, 1.54) is 4.99 Å². The molecule has 0 amide bonds. The number of carbonyl (C=O) groups excluding carboxylic acids is 1. The molecule has 0 aliphatic carbocycles. The maximum Gasteiger partial charge on any atom is 0.151 e. The van der Waals surface area contributed by atoms with Gasteiger partial charge in [-0.15, -0.1) is 0 Å². The third-order valence-electron chi connectivity index (χ3n) is 1.46. The highest BCUT2D eigenvalue weighted by Gasteiger charge is 2.28. The van der Waals surface area contributed by atoms with Gasteiger partial charge in [-0.3, -0.25) is 0 Å². The Bertz CT molecular complexity index is 184. The molecular weight excluding hydrogens is 244 g/mol. The second kappa shape index (κ2) is 6.22. The average molecular weight is 255 g/mol. The van der Waals surface area contributed by atoms with Crippen LogP contribution in [-0.4, -0.2) is 51.1 Å². The van der Waals surface area contributed by atoms with E-state index in [-0.39, 0.29) is 6.29 Å². The highest BCUT2D eigenvalue weighted by Crippen LogP contribution is 2.05. The van der Waals surface area contributed by atoms with Gasteiger partial charge >= 0.3 is 0 Å². The van der Waals surface area contributed by atoms with Crippen LogP contribution in [0.15, 0.2) is 11.1 Å². The van der Waals surface area contributed by atoms with E-state index in [9.17, 15) is 4.79 Å². The van der Waals surface area contributed by atoms with E-state index in [0.29, 0.717) is 0 Å². The molecule has 13 heavy (non-hydrogen) atoms. The Hall–Kier alpha value is -0.270. The summed E-state index contributed by atoms with van der Waals surface area (Å²) < 4.78 is 0. The lowest BCUT2D eigenvalue weighted by atomic mass is 10.0. The second-order valence-corrected chi connectivity index (χ2v) is 2.95. The van der Waals surface area contributed by atoms with E-state index >= 15 is 0 Å². The molecule has 0 heterocycles. The van der Waals surface area contributed by atoms with E-state index in [0.717, 1.165) is 6.08 Å². The molecule has 0 fully saturated rings. The van der Waals surface area contributed by atoms with Crippen LogP contribution in [-0.2, 0) is 4.79 Å². The molecule has 0 spiro atoms. The number of aliphatic hydroxyl groups excluding tert-OH is 4. The van der Waals surface area contributed by atoms with Crippen molar-refractivity contribution in [1.29, 1.82) is 0 Å². The number of aldehydes is 1. The van der Waals surface area contributed by atoms with Crippen molar-refractivity contribution in [2.24, 2.45) is 0 Å². The smallest absolute Gasteiger partial charge is 0.151 e. The molecule has 0 rings (SSSR count). The van der Waals surface area contributed by atoms with Crippen LogP contribution in [0.25, 0.3) is 0 Å². The van der Waals surface area contributed by atoms with Crippen LogP contribution in [0.5, 0.6) is 0 Å². The molecule has 0 aromatic carbocycles. The fourth-order valence-corrected chi connectivity index (χ4v) is 0.986. The number of rotatable bonds is 5. The molecule has 6 heteroatoms. The van der Waals surface area contributed by atoms with Crippen molar-refractivity contribution in [1.82, 2.24) is 0 Å². The minimum Gasteiger partial charge on any atom is -0.387 e. The van der Waals surface area contributed by atoms with E-state index in [4.69, 9.17) is 20.4 Å². The molecule has 76 valence electrons. The Labute approximate surface area is 83.4 Å². The van der Waals surface area contributed by atoms with E-state index in [1.807, 2.05) is 0 Å². The first-order valence-electron chi connectivity index (χ1n) is 3.49. The number of halogens is 1. The molecule has 4 N–H and O–H groups in total. The zero-order valence-electron chi connectivity index (χ0n) is 6.62. The summed E-state index contributed by atoms with van der Waals surface area (Å²) in [6.45, 7) is 0. The third kappa shape index (κ3) is 3.97. The number of aliphatic hydroxyl groups is 4. The predicted molar refractivity (Wildman–Crippen MR) is 48.2 cm³/mol. The molecule has 0 aliphatic rings. The topological polar surface area (TPSA) is 98.0 Å². The summed E-state index contributed by atoms with van der Waals surface area (Å²) in [5.74, 6) is 0. The fourth-order valence-electron chi connectivity index (χ4n) is 0.673. The minimum atomic E-state index is -1.70. The molecule has 0 aromatic heterocycles. The Morgan fingerprint density at radius 2 is 1.46 bits per heavy atom. The molecule has 0 radical (unpaired) electrons. The third-order valence-corrected chi connectivity index (χ3v) is 1.76. The maximum absolute atomic E-state index is 10.0. The van der Waals surface area contributed by atoms with Crippen LogP contribution in [0.3, 0.4) is 0 Å². The SMILES string of the molecule is O=CC(O)C(O)C(O)C(O)/C=C\Br. The second-order valence-electron chi connectivity index (χ2n) is 2.42. The van der Waals surface area contributed by atoms with Gasteiger partial charge in [-0.25, -0.2) is 0 Å². The van der Waals surface area contributed by atoms with E-state index in [2.05, 4.69) is 15.9 Å². The van der Waals surface area contributed by atoms with Gasteiger partial charge in [-0.2, -0.15) is 0 Å².